The lowest BCUT2D eigenvalue weighted by atomic mass is 10.1. The van der Waals surface area contributed by atoms with E-state index >= 15 is 0 Å². The van der Waals surface area contributed by atoms with Crippen molar-refractivity contribution < 1.29 is 8.42 Å². The first-order chi connectivity index (χ1) is 12.6. The molecule has 26 heavy (non-hydrogen) atoms. The molecule has 7 heteroatoms. The van der Waals surface area contributed by atoms with Crippen LogP contribution in [0.25, 0.3) is 22.3 Å². The van der Waals surface area contributed by atoms with E-state index < -0.39 is 10.0 Å². The van der Waals surface area contributed by atoms with E-state index in [4.69, 9.17) is 0 Å². The van der Waals surface area contributed by atoms with Gasteiger partial charge in [0.25, 0.3) is 0 Å². The van der Waals surface area contributed by atoms with Gasteiger partial charge in [-0.15, -0.1) is 0 Å². The van der Waals surface area contributed by atoms with Crippen molar-refractivity contribution in [2.75, 3.05) is 0 Å². The van der Waals surface area contributed by atoms with E-state index in [1.807, 2.05) is 36.4 Å². The van der Waals surface area contributed by atoms with E-state index in [-0.39, 0.29) is 11.4 Å². The summed E-state index contributed by atoms with van der Waals surface area (Å²) >= 11 is 0. The van der Waals surface area contributed by atoms with Crippen molar-refractivity contribution in [3.8, 4) is 11.3 Å². The Morgan fingerprint density at radius 3 is 2.46 bits per heavy atom. The van der Waals surface area contributed by atoms with Crippen LogP contribution >= 0.6 is 0 Å². The molecular formula is C19H16N4O2S. The number of benzene rings is 2. The number of aromatic nitrogens is 3. The van der Waals surface area contributed by atoms with Gasteiger partial charge >= 0.3 is 0 Å². The third-order valence-electron chi connectivity index (χ3n) is 4.10. The van der Waals surface area contributed by atoms with Crippen molar-refractivity contribution in [3.05, 3.63) is 78.8 Å². The Bertz CT molecular complexity index is 1140. The maximum atomic E-state index is 12.5. The molecule has 4 aromatic rings. The lowest BCUT2D eigenvalue weighted by Crippen LogP contribution is -2.23. The van der Waals surface area contributed by atoms with Crippen LogP contribution in [-0.4, -0.2) is 23.4 Å². The fourth-order valence-electron chi connectivity index (χ4n) is 2.75. The van der Waals surface area contributed by atoms with Gasteiger partial charge in [-0.05, 0) is 23.8 Å². The normalized spacial score (nSPS) is 11.7. The van der Waals surface area contributed by atoms with Crippen LogP contribution in [0.1, 0.15) is 5.56 Å². The average Bonchev–Trinajstić information content (AvgIpc) is 3.16. The zero-order valence-corrected chi connectivity index (χ0v) is 14.6. The highest BCUT2D eigenvalue weighted by molar-refractivity contribution is 7.89. The van der Waals surface area contributed by atoms with Crippen LogP contribution in [-0.2, 0) is 16.6 Å². The number of sulfonamides is 1. The lowest BCUT2D eigenvalue weighted by Gasteiger charge is -2.08. The molecule has 2 heterocycles. The van der Waals surface area contributed by atoms with Crippen LogP contribution in [0.5, 0.6) is 0 Å². The van der Waals surface area contributed by atoms with E-state index in [1.165, 1.54) is 6.33 Å². The number of hydrogen-bond acceptors (Lipinski definition) is 4. The second kappa shape index (κ2) is 6.70. The summed E-state index contributed by atoms with van der Waals surface area (Å²) in [6.45, 7) is 0.251. The molecule has 4 rings (SSSR count). The van der Waals surface area contributed by atoms with Gasteiger partial charge in [-0.3, -0.25) is 0 Å². The van der Waals surface area contributed by atoms with Crippen LogP contribution in [0.3, 0.4) is 0 Å². The zero-order chi connectivity index (χ0) is 18.0. The zero-order valence-electron chi connectivity index (χ0n) is 13.8. The van der Waals surface area contributed by atoms with Gasteiger partial charge in [-0.25, -0.2) is 23.1 Å². The Hall–Kier alpha value is -3.03. The number of hydrogen-bond donors (Lipinski definition) is 2. The van der Waals surface area contributed by atoms with Gasteiger partial charge in [-0.1, -0.05) is 42.5 Å². The average molecular weight is 364 g/mol. The van der Waals surface area contributed by atoms with E-state index in [2.05, 4.69) is 19.7 Å². The van der Waals surface area contributed by atoms with Gasteiger partial charge in [0.05, 0.1) is 10.6 Å². The highest BCUT2D eigenvalue weighted by atomic mass is 32.2. The number of fused-ring (bicyclic) bond motifs is 1. The molecule has 0 unspecified atom stereocenters. The molecule has 2 aromatic carbocycles. The second-order valence-corrected chi connectivity index (χ2v) is 7.56. The highest BCUT2D eigenvalue weighted by Gasteiger charge is 2.14. The SMILES string of the molecule is O=S(=O)(NCc1ccccc1)c1ccc(-c2ncnc3[nH]ccc23)cc1. The van der Waals surface area contributed by atoms with Gasteiger partial charge in [0, 0.05) is 23.7 Å². The standard InChI is InChI=1S/C19H16N4O2S/c24-26(25,23-12-14-4-2-1-3-5-14)16-8-6-15(7-9-16)18-17-10-11-20-19(17)22-13-21-18/h1-11,13,23H,12H2,(H,20,21,22). The molecule has 0 aliphatic carbocycles. The smallest absolute Gasteiger partial charge is 0.240 e. The van der Waals surface area contributed by atoms with E-state index in [9.17, 15) is 8.42 Å². The first-order valence-corrected chi connectivity index (χ1v) is 9.54. The third kappa shape index (κ3) is 3.22. The number of rotatable bonds is 5. The number of aromatic amines is 1. The molecule has 0 spiro atoms. The fraction of sp³-hybridized carbons (Fsp3) is 0.0526. The summed E-state index contributed by atoms with van der Waals surface area (Å²) in [7, 11) is -3.58. The molecule has 0 bridgehead atoms. The monoisotopic (exact) mass is 364 g/mol. The summed E-state index contributed by atoms with van der Waals surface area (Å²) in [5.41, 5.74) is 3.25. The summed E-state index contributed by atoms with van der Waals surface area (Å²) in [6.07, 6.45) is 3.29. The first kappa shape index (κ1) is 16.4. The van der Waals surface area contributed by atoms with E-state index in [1.54, 1.807) is 30.5 Å². The summed E-state index contributed by atoms with van der Waals surface area (Å²) in [5.74, 6) is 0. The topological polar surface area (TPSA) is 87.7 Å². The number of nitrogens with one attached hydrogen (secondary N) is 2. The minimum atomic E-state index is -3.58. The Morgan fingerprint density at radius 1 is 0.923 bits per heavy atom. The third-order valence-corrected chi connectivity index (χ3v) is 5.52. The molecular weight excluding hydrogens is 348 g/mol. The maximum Gasteiger partial charge on any atom is 0.240 e. The number of nitrogens with zero attached hydrogens (tertiary/aromatic N) is 2. The molecule has 0 aliphatic heterocycles. The van der Waals surface area contributed by atoms with Crippen molar-refractivity contribution in [1.29, 1.82) is 0 Å². The Kier molecular flexibility index (Phi) is 4.24. The predicted octanol–water partition coefficient (Wildman–Crippen LogP) is 3.10. The minimum Gasteiger partial charge on any atom is -0.346 e. The lowest BCUT2D eigenvalue weighted by molar-refractivity contribution is 0.581. The summed E-state index contributed by atoms with van der Waals surface area (Å²) in [6, 6.07) is 18.0. The Morgan fingerprint density at radius 2 is 1.69 bits per heavy atom. The van der Waals surface area contributed by atoms with Gasteiger partial charge in [0.2, 0.25) is 10.0 Å². The molecule has 130 valence electrons. The summed E-state index contributed by atoms with van der Waals surface area (Å²) in [5, 5.41) is 0.894. The second-order valence-electron chi connectivity index (χ2n) is 5.80. The molecule has 0 atom stereocenters. The van der Waals surface area contributed by atoms with Crippen molar-refractivity contribution in [2.24, 2.45) is 0 Å². The van der Waals surface area contributed by atoms with Gasteiger partial charge in [0.1, 0.15) is 12.0 Å². The molecule has 2 aromatic heterocycles. The van der Waals surface area contributed by atoms with Crippen LogP contribution in [0.15, 0.2) is 78.1 Å². The molecule has 0 radical (unpaired) electrons. The van der Waals surface area contributed by atoms with Crippen LogP contribution < -0.4 is 4.72 Å². The molecule has 0 saturated heterocycles. The molecule has 6 nitrogen and oxygen atoms in total. The fourth-order valence-corrected chi connectivity index (χ4v) is 3.77. The van der Waals surface area contributed by atoms with Crippen molar-refractivity contribution >= 4 is 21.1 Å². The van der Waals surface area contributed by atoms with Gasteiger partial charge < -0.3 is 4.98 Å². The van der Waals surface area contributed by atoms with Crippen molar-refractivity contribution in [3.63, 3.8) is 0 Å². The summed E-state index contributed by atoms with van der Waals surface area (Å²) in [4.78, 5) is 11.7. The quantitative estimate of drug-likeness (QED) is 0.570. The molecule has 0 fully saturated rings. The van der Waals surface area contributed by atoms with Crippen molar-refractivity contribution in [2.45, 2.75) is 11.4 Å². The maximum absolute atomic E-state index is 12.5. The first-order valence-electron chi connectivity index (χ1n) is 8.06. The molecule has 2 N–H and O–H groups in total. The van der Waals surface area contributed by atoms with Gasteiger partial charge in [-0.2, -0.15) is 0 Å². The molecule has 0 aliphatic rings. The Balaban J connectivity index is 1.58. The minimum absolute atomic E-state index is 0.219. The largest absolute Gasteiger partial charge is 0.346 e. The van der Waals surface area contributed by atoms with Crippen LogP contribution in [0.4, 0.5) is 0 Å². The molecule has 0 amide bonds. The predicted molar refractivity (Wildman–Crippen MR) is 99.8 cm³/mol. The highest BCUT2D eigenvalue weighted by Crippen LogP contribution is 2.25. The van der Waals surface area contributed by atoms with Gasteiger partial charge in [0.15, 0.2) is 0 Å². The van der Waals surface area contributed by atoms with Crippen molar-refractivity contribution in [1.82, 2.24) is 19.7 Å². The van der Waals surface area contributed by atoms with Crippen LogP contribution in [0.2, 0.25) is 0 Å². The van der Waals surface area contributed by atoms with E-state index in [0.717, 1.165) is 27.9 Å². The Labute approximate surface area is 151 Å². The van der Waals surface area contributed by atoms with E-state index in [0.29, 0.717) is 0 Å². The summed E-state index contributed by atoms with van der Waals surface area (Å²) < 4.78 is 27.6. The number of H-pyrrole nitrogens is 1. The molecule has 0 saturated carbocycles. The van der Waals surface area contributed by atoms with Crippen LogP contribution in [0, 0.1) is 0 Å².